The average molecular weight is 509 g/mol. The summed E-state index contributed by atoms with van der Waals surface area (Å²) in [4.78, 5) is 28.5. The predicted octanol–water partition coefficient (Wildman–Crippen LogP) is 5.97. The van der Waals surface area contributed by atoms with Gasteiger partial charge in [0.2, 0.25) is 11.8 Å². The summed E-state index contributed by atoms with van der Waals surface area (Å²) in [5, 5.41) is 3.57. The van der Waals surface area contributed by atoms with Crippen molar-refractivity contribution in [3.63, 3.8) is 0 Å². The molecule has 1 N–H and O–H groups in total. The second-order valence-electron chi connectivity index (χ2n) is 8.74. The first kappa shape index (κ1) is 26.8. The van der Waals surface area contributed by atoms with E-state index in [0.29, 0.717) is 30.3 Å². The van der Waals surface area contributed by atoms with Crippen LogP contribution in [0, 0.1) is 13.8 Å². The van der Waals surface area contributed by atoms with Crippen LogP contribution in [0.3, 0.4) is 0 Å². The molecule has 184 valence electrons. The van der Waals surface area contributed by atoms with E-state index >= 15 is 0 Å². The number of hydrogen-bond donors (Lipinski definition) is 1. The number of thioether (sulfide) groups is 1. The Kier molecular flexibility index (Phi) is 10.2. The first-order chi connectivity index (χ1) is 16.9. The number of likely N-dealkylation sites (N-methyl/N-ethyl adjacent to an activating group) is 1. The Morgan fingerprint density at radius 2 is 1.57 bits per heavy atom. The minimum Gasteiger partial charge on any atom is -0.355 e. The molecule has 0 saturated heterocycles. The van der Waals surface area contributed by atoms with Crippen molar-refractivity contribution in [1.29, 1.82) is 0 Å². The number of carbonyl (C=O) groups is 2. The molecule has 0 aliphatic heterocycles. The number of aryl methyl sites for hydroxylation is 2. The Hall–Kier alpha value is -2.76. The fraction of sp³-hybridized carbons (Fsp3) is 0.310. The molecule has 4 nitrogen and oxygen atoms in total. The number of benzene rings is 3. The lowest BCUT2D eigenvalue weighted by Crippen LogP contribution is -2.51. The maximum Gasteiger partial charge on any atom is 0.243 e. The fourth-order valence-corrected chi connectivity index (χ4v) is 5.09. The molecule has 0 bridgehead atoms. The standard InChI is InChI=1S/C29H33ClN2O2S/c1-4-31-29(34)27(17-23-8-6-5-7-9-23)32(18-24-10-12-26(30)13-11-24)28(33)20-35-19-25-15-21(2)14-22(3)16-25/h5-16,27H,4,17-20H2,1-3H3,(H,31,34)/t27-/m1/s1. The van der Waals surface area contributed by atoms with Gasteiger partial charge < -0.3 is 10.2 Å². The first-order valence-electron chi connectivity index (χ1n) is 11.9. The molecule has 0 unspecified atom stereocenters. The van der Waals surface area contributed by atoms with Crippen LogP contribution in [-0.2, 0) is 28.3 Å². The maximum absolute atomic E-state index is 13.6. The summed E-state index contributed by atoms with van der Waals surface area (Å²) >= 11 is 7.65. The summed E-state index contributed by atoms with van der Waals surface area (Å²) in [6, 6.07) is 23.1. The van der Waals surface area contributed by atoms with E-state index in [1.165, 1.54) is 16.7 Å². The van der Waals surface area contributed by atoms with E-state index < -0.39 is 6.04 Å². The summed E-state index contributed by atoms with van der Waals surface area (Å²) in [6.07, 6.45) is 0.452. The number of amides is 2. The predicted molar refractivity (Wildman–Crippen MR) is 147 cm³/mol. The van der Waals surface area contributed by atoms with Crippen LogP contribution >= 0.6 is 23.4 Å². The van der Waals surface area contributed by atoms with Gasteiger partial charge in [-0.2, -0.15) is 0 Å². The lowest BCUT2D eigenvalue weighted by atomic mass is 10.0. The summed E-state index contributed by atoms with van der Waals surface area (Å²) < 4.78 is 0. The Bertz CT molecular complexity index is 1100. The van der Waals surface area contributed by atoms with E-state index in [2.05, 4.69) is 37.4 Å². The highest BCUT2D eigenvalue weighted by molar-refractivity contribution is 7.99. The van der Waals surface area contributed by atoms with Crippen LogP contribution in [-0.4, -0.2) is 35.1 Å². The van der Waals surface area contributed by atoms with Crippen LogP contribution in [0.15, 0.2) is 72.8 Å². The van der Waals surface area contributed by atoms with Crippen LogP contribution in [0.2, 0.25) is 5.02 Å². The first-order valence-corrected chi connectivity index (χ1v) is 13.4. The summed E-state index contributed by atoms with van der Waals surface area (Å²) in [5.74, 6) is 0.846. The van der Waals surface area contributed by atoms with Crippen LogP contribution < -0.4 is 5.32 Å². The quantitative estimate of drug-likeness (QED) is 0.347. The maximum atomic E-state index is 13.6. The Morgan fingerprint density at radius 3 is 2.20 bits per heavy atom. The number of nitrogens with one attached hydrogen (secondary N) is 1. The van der Waals surface area contributed by atoms with Gasteiger partial charge in [0.25, 0.3) is 0 Å². The third kappa shape index (κ3) is 8.44. The van der Waals surface area contributed by atoms with Gasteiger partial charge in [-0.1, -0.05) is 83.4 Å². The van der Waals surface area contributed by atoms with E-state index in [1.54, 1.807) is 16.7 Å². The van der Waals surface area contributed by atoms with Crippen molar-refractivity contribution >= 4 is 35.2 Å². The van der Waals surface area contributed by atoms with Crippen molar-refractivity contribution < 1.29 is 9.59 Å². The highest BCUT2D eigenvalue weighted by Crippen LogP contribution is 2.20. The van der Waals surface area contributed by atoms with Crippen molar-refractivity contribution in [3.05, 3.63) is 106 Å². The molecule has 0 aromatic heterocycles. The zero-order chi connectivity index (χ0) is 25.2. The minimum absolute atomic E-state index is 0.0542. The number of rotatable bonds is 11. The van der Waals surface area contributed by atoms with E-state index in [9.17, 15) is 9.59 Å². The van der Waals surface area contributed by atoms with Gasteiger partial charge in [-0.05, 0) is 49.6 Å². The molecule has 2 amide bonds. The topological polar surface area (TPSA) is 49.4 Å². The molecule has 3 aromatic carbocycles. The van der Waals surface area contributed by atoms with E-state index in [1.807, 2.05) is 61.5 Å². The van der Waals surface area contributed by atoms with Gasteiger partial charge in [0.1, 0.15) is 6.04 Å². The highest BCUT2D eigenvalue weighted by Gasteiger charge is 2.30. The molecule has 3 aromatic rings. The molecule has 3 rings (SSSR count). The third-order valence-electron chi connectivity index (χ3n) is 5.66. The molecule has 0 heterocycles. The zero-order valence-corrected chi connectivity index (χ0v) is 22.2. The molecule has 0 spiro atoms. The summed E-state index contributed by atoms with van der Waals surface area (Å²) in [5.41, 5.74) is 5.59. The van der Waals surface area contributed by atoms with Gasteiger partial charge in [0.15, 0.2) is 0 Å². The summed E-state index contributed by atoms with van der Waals surface area (Å²) in [6.45, 7) is 6.91. The van der Waals surface area contributed by atoms with Gasteiger partial charge in [-0.15, -0.1) is 11.8 Å². The fourth-order valence-electron chi connectivity index (χ4n) is 4.12. The van der Waals surface area contributed by atoms with Crippen molar-refractivity contribution in [2.24, 2.45) is 0 Å². The van der Waals surface area contributed by atoms with Crippen LogP contribution in [0.25, 0.3) is 0 Å². The second kappa shape index (κ2) is 13.4. The molecule has 35 heavy (non-hydrogen) atoms. The van der Waals surface area contributed by atoms with E-state index in [-0.39, 0.29) is 11.8 Å². The molecule has 0 saturated carbocycles. The molecule has 6 heteroatoms. The van der Waals surface area contributed by atoms with Gasteiger partial charge >= 0.3 is 0 Å². The molecule has 1 atom stereocenters. The highest BCUT2D eigenvalue weighted by atomic mass is 35.5. The smallest absolute Gasteiger partial charge is 0.243 e. The van der Waals surface area contributed by atoms with Crippen molar-refractivity contribution in [2.45, 2.75) is 45.5 Å². The van der Waals surface area contributed by atoms with Crippen LogP contribution in [0.4, 0.5) is 0 Å². The van der Waals surface area contributed by atoms with Gasteiger partial charge in [0, 0.05) is 30.3 Å². The number of halogens is 1. The summed E-state index contributed by atoms with van der Waals surface area (Å²) in [7, 11) is 0. The largest absolute Gasteiger partial charge is 0.355 e. The van der Waals surface area contributed by atoms with Gasteiger partial charge in [-0.25, -0.2) is 0 Å². The number of carbonyl (C=O) groups excluding carboxylic acids is 2. The van der Waals surface area contributed by atoms with E-state index in [0.717, 1.165) is 16.9 Å². The van der Waals surface area contributed by atoms with Crippen LogP contribution in [0.5, 0.6) is 0 Å². The van der Waals surface area contributed by atoms with Crippen molar-refractivity contribution in [2.75, 3.05) is 12.3 Å². The normalized spacial score (nSPS) is 11.7. The molecular weight excluding hydrogens is 476 g/mol. The Labute approximate surface area is 218 Å². The second-order valence-corrected chi connectivity index (χ2v) is 10.2. The number of nitrogens with zero attached hydrogens (tertiary/aromatic N) is 1. The minimum atomic E-state index is -0.609. The monoisotopic (exact) mass is 508 g/mol. The zero-order valence-electron chi connectivity index (χ0n) is 20.6. The lowest BCUT2D eigenvalue weighted by Gasteiger charge is -2.31. The van der Waals surface area contributed by atoms with Crippen LogP contribution in [0.1, 0.15) is 34.7 Å². The molecule has 0 radical (unpaired) electrons. The Balaban J connectivity index is 1.82. The average Bonchev–Trinajstić information content (AvgIpc) is 2.82. The van der Waals surface area contributed by atoms with Crippen molar-refractivity contribution in [3.8, 4) is 0 Å². The lowest BCUT2D eigenvalue weighted by molar-refractivity contribution is -0.139. The molecule has 0 aliphatic rings. The Morgan fingerprint density at radius 1 is 0.914 bits per heavy atom. The van der Waals surface area contributed by atoms with Gasteiger partial charge in [0.05, 0.1) is 5.75 Å². The molecular formula is C29H33ClN2O2S. The molecule has 0 aliphatic carbocycles. The SMILES string of the molecule is CCNC(=O)[C@@H](Cc1ccccc1)N(Cc1ccc(Cl)cc1)C(=O)CSCc1cc(C)cc(C)c1. The van der Waals surface area contributed by atoms with Gasteiger partial charge in [-0.3, -0.25) is 9.59 Å². The van der Waals surface area contributed by atoms with E-state index in [4.69, 9.17) is 11.6 Å². The van der Waals surface area contributed by atoms with Crippen molar-refractivity contribution in [1.82, 2.24) is 10.2 Å². The third-order valence-corrected chi connectivity index (χ3v) is 6.90. The number of hydrogen-bond acceptors (Lipinski definition) is 3. The molecule has 0 fully saturated rings.